The highest BCUT2D eigenvalue weighted by Crippen LogP contribution is 2.65. The van der Waals surface area contributed by atoms with E-state index in [9.17, 15) is 9.59 Å². The normalized spacial score (nSPS) is 39.7. The van der Waals surface area contributed by atoms with Crippen LogP contribution in [0.25, 0.3) is 0 Å². The molecule has 4 aliphatic carbocycles. The molecule has 1 heterocycles. The third kappa shape index (κ3) is 1.65. The fraction of sp³-hybridized carbons (Fsp3) is 0.474. The zero-order valence-corrected chi connectivity index (χ0v) is 14.7. The van der Waals surface area contributed by atoms with Gasteiger partial charge in [0.25, 0.3) is 0 Å². The third-order valence-electron chi connectivity index (χ3n) is 6.34. The standard InChI is InChI=1S/C19H18BrNO2/c1-8-5-10(20)6-9(2)17(8)21-18(22)15-11-3-4-12(14-7-13(11)14)16(15)19(21)23/h3-6,11-16H,7H2,1-2H3/t11-,12-,13-,14-,15-,16+/m1/s1. The van der Waals surface area contributed by atoms with Crippen LogP contribution < -0.4 is 4.90 Å². The van der Waals surface area contributed by atoms with Gasteiger partial charge in [0, 0.05) is 4.47 Å². The van der Waals surface area contributed by atoms with E-state index in [0.29, 0.717) is 11.8 Å². The number of aryl methyl sites for hydroxylation is 2. The second kappa shape index (κ2) is 4.35. The number of imide groups is 1. The Balaban J connectivity index is 1.63. The first-order valence-corrected chi connectivity index (χ1v) is 9.11. The Bertz CT molecular complexity index is 740. The highest BCUT2D eigenvalue weighted by Gasteiger charge is 2.67. The van der Waals surface area contributed by atoms with E-state index >= 15 is 0 Å². The van der Waals surface area contributed by atoms with Crippen molar-refractivity contribution in [2.45, 2.75) is 20.3 Å². The van der Waals surface area contributed by atoms with Crippen molar-refractivity contribution < 1.29 is 9.59 Å². The molecule has 0 unspecified atom stereocenters. The first-order valence-electron chi connectivity index (χ1n) is 8.32. The van der Waals surface area contributed by atoms with E-state index < -0.39 is 0 Å². The minimum absolute atomic E-state index is 0.0261. The maximum absolute atomic E-state index is 13.2. The highest BCUT2D eigenvalue weighted by molar-refractivity contribution is 9.10. The summed E-state index contributed by atoms with van der Waals surface area (Å²) in [7, 11) is 0. The van der Waals surface area contributed by atoms with Crippen LogP contribution in [0.1, 0.15) is 17.5 Å². The first-order chi connectivity index (χ1) is 11.0. The van der Waals surface area contributed by atoms with E-state index in [1.807, 2.05) is 26.0 Å². The summed E-state index contributed by atoms with van der Waals surface area (Å²) in [6, 6.07) is 3.96. The van der Waals surface area contributed by atoms with Gasteiger partial charge in [-0.05, 0) is 67.2 Å². The SMILES string of the molecule is Cc1cc(Br)cc(C)c1N1C(=O)[C@@H]2[C@@H]3C=C[C@H]([C@H]4C[C@H]34)[C@@H]2C1=O. The Morgan fingerprint density at radius 1 is 0.957 bits per heavy atom. The molecular weight excluding hydrogens is 354 g/mol. The number of rotatable bonds is 1. The Labute approximate surface area is 143 Å². The van der Waals surface area contributed by atoms with Gasteiger partial charge in [0.1, 0.15) is 0 Å². The Kier molecular flexibility index (Phi) is 2.64. The monoisotopic (exact) mass is 371 g/mol. The molecule has 1 aromatic carbocycles. The summed E-state index contributed by atoms with van der Waals surface area (Å²) < 4.78 is 0.982. The van der Waals surface area contributed by atoms with Crippen LogP contribution in [0.5, 0.6) is 0 Å². The molecule has 0 spiro atoms. The number of amides is 2. The average molecular weight is 372 g/mol. The Morgan fingerprint density at radius 3 is 1.91 bits per heavy atom. The highest BCUT2D eigenvalue weighted by atomic mass is 79.9. The van der Waals surface area contributed by atoms with Crippen molar-refractivity contribution in [3.8, 4) is 0 Å². The van der Waals surface area contributed by atoms with Crippen molar-refractivity contribution in [1.29, 1.82) is 0 Å². The third-order valence-corrected chi connectivity index (χ3v) is 6.80. The van der Waals surface area contributed by atoms with E-state index in [4.69, 9.17) is 0 Å². The molecule has 6 rings (SSSR count). The summed E-state index contributed by atoms with van der Waals surface area (Å²) in [6.45, 7) is 3.94. The molecule has 1 aromatic rings. The van der Waals surface area contributed by atoms with E-state index in [1.54, 1.807) is 0 Å². The molecule has 3 fully saturated rings. The van der Waals surface area contributed by atoms with Crippen LogP contribution in [0.2, 0.25) is 0 Å². The molecule has 6 atom stereocenters. The molecule has 118 valence electrons. The van der Waals surface area contributed by atoms with Gasteiger partial charge in [-0.1, -0.05) is 28.1 Å². The summed E-state index contributed by atoms with van der Waals surface area (Å²) in [5, 5.41) is 0. The number of carbonyl (C=O) groups excluding carboxylic acids is 2. The van der Waals surface area contributed by atoms with Gasteiger partial charge in [0.15, 0.2) is 0 Å². The lowest BCUT2D eigenvalue weighted by Crippen LogP contribution is -2.40. The smallest absolute Gasteiger partial charge is 0.238 e. The van der Waals surface area contributed by atoms with Crippen LogP contribution in [-0.2, 0) is 9.59 Å². The minimum Gasteiger partial charge on any atom is -0.274 e. The molecule has 0 N–H and O–H groups in total. The predicted molar refractivity (Wildman–Crippen MR) is 90.8 cm³/mol. The Morgan fingerprint density at radius 2 is 1.43 bits per heavy atom. The average Bonchev–Trinajstić information content (AvgIpc) is 3.26. The number of anilines is 1. The van der Waals surface area contributed by atoms with Gasteiger partial charge in [0.05, 0.1) is 17.5 Å². The number of benzene rings is 1. The van der Waals surface area contributed by atoms with Crippen LogP contribution in [0, 0.1) is 49.4 Å². The first kappa shape index (κ1) is 14.0. The van der Waals surface area contributed by atoms with Crippen LogP contribution >= 0.6 is 15.9 Å². The Hall–Kier alpha value is -1.42. The van der Waals surface area contributed by atoms with E-state index in [-0.39, 0.29) is 35.5 Å². The van der Waals surface area contributed by atoms with Crippen molar-refractivity contribution in [3.05, 3.63) is 39.9 Å². The van der Waals surface area contributed by atoms with Crippen molar-refractivity contribution >= 4 is 33.4 Å². The molecule has 1 aliphatic heterocycles. The van der Waals surface area contributed by atoms with Crippen molar-refractivity contribution in [3.63, 3.8) is 0 Å². The number of hydrogen-bond donors (Lipinski definition) is 0. The van der Waals surface area contributed by atoms with Gasteiger partial charge in [0.2, 0.25) is 11.8 Å². The molecule has 5 aliphatic rings. The number of halogens is 1. The molecule has 2 amide bonds. The minimum atomic E-state index is -0.122. The van der Waals surface area contributed by atoms with Crippen molar-refractivity contribution in [2.24, 2.45) is 35.5 Å². The summed E-state index contributed by atoms with van der Waals surface area (Å²) in [6.07, 6.45) is 5.64. The molecule has 0 aromatic heterocycles. The molecule has 0 radical (unpaired) electrons. The van der Waals surface area contributed by atoms with Crippen LogP contribution in [0.4, 0.5) is 5.69 Å². The molecular formula is C19H18BrNO2. The summed E-state index contributed by atoms with van der Waals surface area (Å²) in [4.78, 5) is 27.8. The molecule has 4 heteroatoms. The zero-order valence-electron chi connectivity index (χ0n) is 13.1. The molecule has 3 nitrogen and oxygen atoms in total. The quantitative estimate of drug-likeness (QED) is 0.558. The second-order valence-corrected chi connectivity index (χ2v) is 8.47. The van der Waals surface area contributed by atoms with Gasteiger partial charge in [-0.25, -0.2) is 4.90 Å². The fourth-order valence-electron chi connectivity index (χ4n) is 5.43. The van der Waals surface area contributed by atoms with Crippen molar-refractivity contribution in [2.75, 3.05) is 4.90 Å². The lowest BCUT2D eigenvalue weighted by molar-refractivity contribution is -0.124. The van der Waals surface area contributed by atoms with E-state index in [2.05, 4.69) is 28.1 Å². The molecule has 2 bridgehead atoms. The maximum Gasteiger partial charge on any atom is 0.238 e. The molecule has 1 saturated heterocycles. The number of hydrogen-bond acceptors (Lipinski definition) is 2. The molecule has 23 heavy (non-hydrogen) atoms. The van der Waals surface area contributed by atoms with Gasteiger partial charge >= 0.3 is 0 Å². The van der Waals surface area contributed by atoms with E-state index in [1.165, 1.54) is 11.3 Å². The van der Waals surface area contributed by atoms with Crippen molar-refractivity contribution in [1.82, 2.24) is 0 Å². The zero-order chi connectivity index (χ0) is 16.0. The second-order valence-electron chi connectivity index (χ2n) is 7.55. The summed E-state index contributed by atoms with van der Waals surface area (Å²) >= 11 is 3.49. The number of carbonyl (C=O) groups is 2. The van der Waals surface area contributed by atoms with Gasteiger partial charge in [-0.2, -0.15) is 0 Å². The van der Waals surface area contributed by atoms with Crippen LogP contribution in [0.15, 0.2) is 28.8 Å². The maximum atomic E-state index is 13.2. The van der Waals surface area contributed by atoms with E-state index in [0.717, 1.165) is 21.3 Å². The number of allylic oxidation sites excluding steroid dienone is 2. The largest absolute Gasteiger partial charge is 0.274 e. The predicted octanol–water partition coefficient (Wildman–Crippen LogP) is 3.62. The lowest BCUT2D eigenvalue weighted by Gasteiger charge is -2.37. The lowest BCUT2D eigenvalue weighted by atomic mass is 9.63. The summed E-state index contributed by atoms with van der Waals surface area (Å²) in [5.74, 6) is 1.67. The van der Waals surface area contributed by atoms with Gasteiger partial charge < -0.3 is 0 Å². The van der Waals surface area contributed by atoms with Gasteiger partial charge in [-0.3, -0.25) is 9.59 Å². The number of nitrogens with zero attached hydrogens (tertiary/aromatic N) is 1. The van der Waals surface area contributed by atoms with Crippen LogP contribution in [-0.4, -0.2) is 11.8 Å². The molecule has 2 saturated carbocycles. The summed E-state index contributed by atoms with van der Waals surface area (Å²) in [5.41, 5.74) is 2.75. The van der Waals surface area contributed by atoms with Gasteiger partial charge in [-0.15, -0.1) is 0 Å². The van der Waals surface area contributed by atoms with Crippen LogP contribution in [0.3, 0.4) is 0 Å². The fourth-order valence-corrected chi connectivity index (χ4v) is 6.12. The topological polar surface area (TPSA) is 37.4 Å².